The molecule has 1 aliphatic carbocycles. The molecule has 0 bridgehead atoms. The third kappa shape index (κ3) is 3.04. The molecule has 0 unspecified atom stereocenters. The van der Waals surface area contributed by atoms with E-state index in [9.17, 15) is 13.7 Å². The van der Waals surface area contributed by atoms with Crippen molar-refractivity contribution in [3.8, 4) is 6.07 Å². The molecule has 0 heterocycles. The summed E-state index contributed by atoms with van der Waals surface area (Å²) in [6.45, 7) is 0.0260. The molecule has 0 radical (unpaired) electrons. The third-order valence-corrected chi connectivity index (χ3v) is 7.31. The standard InChI is InChI=1S/C18H15Cl2NO3S/c1-24-11-18(10-21)16(12-3-2-4-14(20)9-12)17(18)25(22,23)15-7-5-13(19)6-8-15/h2-9,16-17H,11H2,1H3/t16-,17+,18+/m1/s1. The third-order valence-electron chi connectivity index (χ3n) is 4.53. The van der Waals surface area contributed by atoms with E-state index in [0.717, 1.165) is 0 Å². The molecule has 0 aromatic heterocycles. The molecule has 1 fully saturated rings. The summed E-state index contributed by atoms with van der Waals surface area (Å²) in [5.74, 6) is -0.503. The van der Waals surface area contributed by atoms with Gasteiger partial charge in [-0.05, 0) is 42.0 Å². The van der Waals surface area contributed by atoms with Crippen molar-refractivity contribution in [1.29, 1.82) is 5.26 Å². The van der Waals surface area contributed by atoms with Crippen molar-refractivity contribution in [2.75, 3.05) is 13.7 Å². The molecule has 3 rings (SSSR count). The van der Waals surface area contributed by atoms with Crippen molar-refractivity contribution in [3.05, 3.63) is 64.1 Å². The second kappa shape index (κ2) is 6.62. The van der Waals surface area contributed by atoms with Gasteiger partial charge in [0.2, 0.25) is 0 Å². The van der Waals surface area contributed by atoms with Crippen molar-refractivity contribution in [2.24, 2.45) is 5.41 Å². The van der Waals surface area contributed by atoms with E-state index in [2.05, 4.69) is 6.07 Å². The molecule has 3 atom stereocenters. The van der Waals surface area contributed by atoms with Crippen molar-refractivity contribution in [2.45, 2.75) is 16.1 Å². The fourth-order valence-electron chi connectivity index (χ4n) is 3.38. The summed E-state index contributed by atoms with van der Waals surface area (Å²) in [5, 5.41) is 9.81. The van der Waals surface area contributed by atoms with Crippen LogP contribution in [0.4, 0.5) is 0 Å². The molecule has 2 aromatic carbocycles. The van der Waals surface area contributed by atoms with E-state index in [1.165, 1.54) is 31.4 Å². The van der Waals surface area contributed by atoms with Crippen LogP contribution in [0.1, 0.15) is 11.5 Å². The monoisotopic (exact) mass is 395 g/mol. The Morgan fingerprint density at radius 2 is 1.84 bits per heavy atom. The van der Waals surface area contributed by atoms with E-state index in [1.807, 2.05) is 0 Å². The Morgan fingerprint density at radius 1 is 1.16 bits per heavy atom. The number of rotatable bonds is 5. The number of hydrogen-bond acceptors (Lipinski definition) is 4. The van der Waals surface area contributed by atoms with Crippen LogP contribution in [0, 0.1) is 16.7 Å². The zero-order valence-electron chi connectivity index (χ0n) is 13.3. The molecule has 1 saturated carbocycles. The van der Waals surface area contributed by atoms with Gasteiger partial charge in [0, 0.05) is 23.1 Å². The largest absolute Gasteiger partial charge is 0.383 e. The Kier molecular flexibility index (Phi) is 4.82. The lowest BCUT2D eigenvalue weighted by Gasteiger charge is -2.08. The number of nitrogens with zero attached hydrogens (tertiary/aromatic N) is 1. The highest BCUT2D eigenvalue weighted by atomic mass is 35.5. The molecule has 0 N–H and O–H groups in total. The predicted octanol–water partition coefficient (Wildman–Crippen LogP) is 4.09. The summed E-state index contributed by atoms with van der Waals surface area (Å²) in [4.78, 5) is 0.141. The van der Waals surface area contributed by atoms with Crippen molar-refractivity contribution >= 4 is 33.0 Å². The van der Waals surface area contributed by atoms with Crippen LogP contribution in [0.2, 0.25) is 10.0 Å². The topological polar surface area (TPSA) is 67.2 Å². The van der Waals surface area contributed by atoms with Crippen molar-refractivity contribution in [1.82, 2.24) is 0 Å². The maximum Gasteiger partial charge on any atom is 0.183 e. The molecule has 0 saturated heterocycles. The lowest BCUT2D eigenvalue weighted by molar-refractivity contribution is 0.162. The molecule has 0 spiro atoms. The molecule has 0 amide bonds. The zero-order chi connectivity index (χ0) is 18.2. The molecule has 4 nitrogen and oxygen atoms in total. The Bertz CT molecular complexity index is 938. The molecule has 1 aliphatic rings. The lowest BCUT2D eigenvalue weighted by atomic mass is 10.0. The molecule has 2 aromatic rings. The highest BCUT2D eigenvalue weighted by Gasteiger charge is 2.72. The van der Waals surface area contributed by atoms with Gasteiger partial charge < -0.3 is 4.74 Å². The number of halogens is 2. The first-order chi connectivity index (χ1) is 11.9. The smallest absolute Gasteiger partial charge is 0.183 e. The first kappa shape index (κ1) is 18.2. The van der Waals surface area contributed by atoms with E-state index in [1.54, 1.807) is 24.3 Å². The van der Waals surface area contributed by atoms with Gasteiger partial charge in [-0.15, -0.1) is 0 Å². The number of methoxy groups -OCH3 is 1. The van der Waals surface area contributed by atoms with Gasteiger partial charge in [0.25, 0.3) is 0 Å². The number of hydrogen-bond donors (Lipinski definition) is 0. The van der Waals surface area contributed by atoms with Crippen LogP contribution in [0.5, 0.6) is 0 Å². The summed E-state index contributed by atoms with van der Waals surface area (Å²) in [5.41, 5.74) is -0.425. The highest BCUT2D eigenvalue weighted by Crippen LogP contribution is 2.64. The molecule has 25 heavy (non-hydrogen) atoms. The molecule has 0 aliphatic heterocycles. The van der Waals surface area contributed by atoms with Gasteiger partial charge in [0.15, 0.2) is 9.84 Å². The molecular weight excluding hydrogens is 381 g/mol. The van der Waals surface area contributed by atoms with E-state index in [-0.39, 0.29) is 11.5 Å². The van der Waals surface area contributed by atoms with Crippen LogP contribution in [-0.2, 0) is 14.6 Å². The SMILES string of the molecule is COC[C@@]1(C#N)[C@H](c2cccc(Cl)c2)[C@@H]1S(=O)(=O)c1ccc(Cl)cc1. The van der Waals surface area contributed by atoms with Crippen LogP contribution in [0.25, 0.3) is 0 Å². The Labute approximate surface area is 156 Å². The number of benzene rings is 2. The minimum atomic E-state index is -3.74. The number of nitriles is 1. The number of ether oxygens (including phenoxy) is 1. The van der Waals surface area contributed by atoms with Crippen LogP contribution >= 0.6 is 23.2 Å². The van der Waals surface area contributed by atoms with E-state index in [4.69, 9.17) is 27.9 Å². The minimum Gasteiger partial charge on any atom is -0.383 e. The first-order valence-corrected chi connectivity index (χ1v) is 9.82. The van der Waals surface area contributed by atoms with Crippen molar-refractivity contribution < 1.29 is 13.2 Å². The molecule has 7 heteroatoms. The first-order valence-electron chi connectivity index (χ1n) is 7.52. The van der Waals surface area contributed by atoms with Crippen LogP contribution in [0.3, 0.4) is 0 Å². The summed E-state index contributed by atoms with van der Waals surface area (Å²) >= 11 is 11.9. The summed E-state index contributed by atoms with van der Waals surface area (Å²) in [6.07, 6.45) is 0. The van der Waals surface area contributed by atoms with Gasteiger partial charge in [0.1, 0.15) is 5.41 Å². The Balaban J connectivity index is 2.09. The fraction of sp³-hybridized carbons (Fsp3) is 0.278. The molecule has 130 valence electrons. The lowest BCUT2D eigenvalue weighted by Crippen LogP contribution is -2.19. The minimum absolute atomic E-state index is 0.0260. The maximum atomic E-state index is 13.1. The highest BCUT2D eigenvalue weighted by molar-refractivity contribution is 7.92. The van der Waals surface area contributed by atoms with Gasteiger partial charge in [0.05, 0.1) is 22.8 Å². The Morgan fingerprint density at radius 3 is 2.40 bits per heavy atom. The second-order valence-electron chi connectivity index (χ2n) is 6.04. The van der Waals surface area contributed by atoms with Crippen LogP contribution < -0.4 is 0 Å². The summed E-state index contributed by atoms with van der Waals surface area (Å²) in [6, 6.07) is 15.1. The van der Waals surface area contributed by atoms with Gasteiger partial charge in [-0.2, -0.15) is 5.26 Å². The normalized spacial score (nSPS) is 25.4. The summed E-state index contributed by atoms with van der Waals surface area (Å²) in [7, 11) is -2.28. The second-order valence-corrected chi connectivity index (χ2v) is 8.98. The molecular formula is C18H15Cl2NO3S. The number of sulfone groups is 1. The Hall–Kier alpha value is -1.58. The van der Waals surface area contributed by atoms with Gasteiger partial charge in [-0.25, -0.2) is 8.42 Å². The fourth-order valence-corrected chi connectivity index (χ4v) is 6.01. The predicted molar refractivity (Wildman–Crippen MR) is 96.5 cm³/mol. The van der Waals surface area contributed by atoms with Crippen LogP contribution in [-0.4, -0.2) is 27.4 Å². The average molecular weight is 396 g/mol. The maximum absolute atomic E-state index is 13.1. The van der Waals surface area contributed by atoms with E-state index < -0.39 is 26.4 Å². The quantitative estimate of drug-likeness (QED) is 0.764. The zero-order valence-corrected chi connectivity index (χ0v) is 15.6. The van der Waals surface area contributed by atoms with Crippen LogP contribution in [0.15, 0.2) is 53.4 Å². The van der Waals surface area contributed by atoms with Gasteiger partial charge in [-0.3, -0.25) is 0 Å². The van der Waals surface area contributed by atoms with Gasteiger partial charge in [-0.1, -0.05) is 35.3 Å². The van der Waals surface area contributed by atoms with Gasteiger partial charge >= 0.3 is 0 Å². The average Bonchev–Trinajstić information content (AvgIpc) is 3.26. The summed E-state index contributed by atoms with van der Waals surface area (Å²) < 4.78 is 31.5. The van der Waals surface area contributed by atoms with Crippen molar-refractivity contribution in [3.63, 3.8) is 0 Å². The van der Waals surface area contributed by atoms with E-state index >= 15 is 0 Å². The van der Waals surface area contributed by atoms with E-state index in [0.29, 0.717) is 15.6 Å².